The Balaban J connectivity index is 3.19. The van der Waals surface area contributed by atoms with Crippen molar-refractivity contribution in [2.24, 2.45) is 5.73 Å². The Hall–Kier alpha value is -0.550. The highest BCUT2D eigenvalue weighted by Gasteiger charge is 2.49. The summed E-state index contributed by atoms with van der Waals surface area (Å²) in [5.41, 5.74) is 5.06. The Labute approximate surface area is 86.0 Å². The normalized spacial score (nSPS) is 41.7. The SMILES string of the molecule is NC1(O)O[C@H](CO)[C@@H](O)[C@H](O)C1=S(=O)=O. The molecule has 0 amide bonds. The first kappa shape index (κ1) is 12.5. The van der Waals surface area contributed by atoms with Crippen LogP contribution in [-0.4, -0.2) is 64.5 Å². The molecule has 0 radical (unpaired) electrons. The summed E-state index contributed by atoms with van der Waals surface area (Å²) in [6.45, 7) is -0.726. The van der Waals surface area contributed by atoms with E-state index in [2.05, 4.69) is 4.74 Å². The van der Waals surface area contributed by atoms with Gasteiger partial charge in [-0.2, -0.15) is 8.42 Å². The summed E-state index contributed by atoms with van der Waals surface area (Å²) in [5, 5.41) is 36.7. The van der Waals surface area contributed by atoms with Gasteiger partial charge in [0.25, 0.3) is 5.91 Å². The van der Waals surface area contributed by atoms with E-state index in [4.69, 9.17) is 10.8 Å². The predicted octanol–water partition coefficient (Wildman–Crippen LogP) is -4.24. The van der Waals surface area contributed by atoms with Gasteiger partial charge >= 0.3 is 0 Å². The van der Waals surface area contributed by atoms with Crippen LogP contribution in [0.4, 0.5) is 0 Å². The summed E-state index contributed by atoms with van der Waals surface area (Å²) in [6.07, 6.45) is -4.95. The first-order chi connectivity index (χ1) is 6.81. The molecule has 1 rings (SSSR count). The number of hydrogen-bond donors (Lipinski definition) is 5. The minimum Gasteiger partial charge on any atom is -0.394 e. The van der Waals surface area contributed by atoms with E-state index < -0.39 is 46.0 Å². The van der Waals surface area contributed by atoms with Crippen molar-refractivity contribution in [3.63, 3.8) is 0 Å². The van der Waals surface area contributed by atoms with E-state index in [9.17, 15) is 23.7 Å². The van der Waals surface area contributed by atoms with Gasteiger partial charge in [-0.05, 0) is 0 Å². The van der Waals surface area contributed by atoms with Crippen molar-refractivity contribution in [1.82, 2.24) is 0 Å². The summed E-state index contributed by atoms with van der Waals surface area (Å²) < 4.78 is 25.8. The van der Waals surface area contributed by atoms with Crippen LogP contribution in [0.25, 0.3) is 0 Å². The Kier molecular flexibility index (Phi) is 3.45. The minimum atomic E-state index is -3.01. The smallest absolute Gasteiger partial charge is 0.264 e. The summed E-state index contributed by atoms with van der Waals surface area (Å²) in [6, 6.07) is 0. The zero-order valence-electron chi connectivity index (χ0n) is 7.44. The van der Waals surface area contributed by atoms with Crippen molar-refractivity contribution in [2.45, 2.75) is 24.2 Å². The number of ether oxygens (including phenoxy) is 1. The summed E-state index contributed by atoms with van der Waals surface area (Å²) in [5.74, 6) is -2.72. The molecule has 1 unspecified atom stereocenters. The van der Waals surface area contributed by atoms with Crippen LogP contribution in [0.2, 0.25) is 0 Å². The van der Waals surface area contributed by atoms with Gasteiger partial charge in [-0.15, -0.1) is 0 Å². The van der Waals surface area contributed by atoms with Gasteiger partial charge < -0.3 is 25.2 Å². The lowest BCUT2D eigenvalue weighted by Gasteiger charge is -2.39. The number of aliphatic hydroxyl groups is 4. The topological polar surface area (TPSA) is 150 Å². The molecule has 1 heterocycles. The fraction of sp³-hybridized carbons (Fsp3) is 0.833. The number of rotatable bonds is 1. The minimum absolute atomic E-state index is 0.726. The van der Waals surface area contributed by atoms with Gasteiger partial charge in [-0.25, -0.2) is 0 Å². The van der Waals surface area contributed by atoms with E-state index in [0.717, 1.165) is 0 Å². The molecule has 0 aromatic carbocycles. The highest BCUT2D eigenvalue weighted by Crippen LogP contribution is 2.21. The summed E-state index contributed by atoms with van der Waals surface area (Å²) in [4.78, 5) is -0.972. The molecule has 1 aliphatic rings. The molecule has 1 aliphatic heterocycles. The number of hydrogen-bond acceptors (Lipinski definition) is 8. The van der Waals surface area contributed by atoms with Crippen LogP contribution in [0.1, 0.15) is 0 Å². The molecule has 6 N–H and O–H groups in total. The van der Waals surface area contributed by atoms with Crippen LogP contribution in [0.15, 0.2) is 0 Å². The van der Waals surface area contributed by atoms with Gasteiger partial charge in [0.2, 0.25) is 10.3 Å². The lowest BCUT2D eigenvalue weighted by Crippen LogP contribution is -2.67. The second-order valence-electron chi connectivity index (χ2n) is 3.07. The van der Waals surface area contributed by atoms with Crippen molar-refractivity contribution >= 4 is 15.2 Å². The molecule has 0 aliphatic carbocycles. The van der Waals surface area contributed by atoms with E-state index in [1.807, 2.05) is 0 Å². The van der Waals surface area contributed by atoms with Gasteiger partial charge in [-0.3, -0.25) is 5.73 Å². The van der Waals surface area contributed by atoms with Gasteiger partial charge in [-0.1, -0.05) is 0 Å². The molecule has 9 heteroatoms. The number of nitrogens with two attached hydrogens (primary N) is 1. The third kappa shape index (κ3) is 2.18. The monoisotopic (exact) mass is 241 g/mol. The van der Waals surface area contributed by atoms with Crippen LogP contribution in [0, 0.1) is 0 Å². The summed E-state index contributed by atoms with van der Waals surface area (Å²) >= 11 is 0. The van der Waals surface area contributed by atoms with Crippen molar-refractivity contribution in [3.8, 4) is 0 Å². The highest BCUT2D eigenvalue weighted by molar-refractivity contribution is 7.73. The van der Waals surface area contributed by atoms with Crippen molar-refractivity contribution in [1.29, 1.82) is 0 Å². The van der Waals surface area contributed by atoms with Gasteiger partial charge in [0.05, 0.1) is 6.61 Å². The molecule has 0 aromatic rings. The Morgan fingerprint density at radius 2 is 2.00 bits per heavy atom. The second kappa shape index (κ2) is 4.14. The van der Waals surface area contributed by atoms with Crippen molar-refractivity contribution in [2.75, 3.05) is 6.61 Å². The van der Waals surface area contributed by atoms with Crippen molar-refractivity contribution in [3.05, 3.63) is 0 Å². The van der Waals surface area contributed by atoms with Gasteiger partial charge in [0.15, 0.2) is 4.86 Å². The molecule has 15 heavy (non-hydrogen) atoms. The second-order valence-corrected chi connectivity index (χ2v) is 3.98. The molecule has 0 spiro atoms. The fourth-order valence-electron chi connectivity index (χ4n) is 1.29. The average Bonchev–Trinajstić information content (AvgIpc) is 2.10. The third-order valence-corrected chi connectivity index (χ3v) is 2.91. The molecule has 8 nitrogen and oxygen atoms in total. The molecular formula is C6H11NO7S. The standard InChI is InChI=1S/C6H11NO7S/c7-6(11)5(15(12)13)4(10)3(9)2(1-8)14-6/h2-4,8-11H,1,7H2/t2-,3-,4+,6?/m1/s1. The van der Waals surface area contributed by atoms with Crippen LogP contribution in [0.3, 0.4) is 0 Å². The van der Waals surface area contributed by atoms with E-state index in [0.29, 0.717) is 0 Å². The van der Waals surface area contributed by atoms with Crippen LogP contribution in [0.5, 0.6) is 0 Å². The maximum absolute atomic E-state index is 10.6. The molecule has 0 saturated carbocycles. The summed E-state index contributed by atoms with van der Waals surface area (Å²) in [7, 11) is -3.01. The maximum Gasteiger partial charge on any atom is 0.264 e. The zero-order chi connectivity index (χ0) is 11.8. The average molecular weight is 241 g/mol. The van der Waals surface area contributed by atoms with Crippen LogP contribution < -0.4 is 5.73 Å². The van der Waals surface area contributed by atoms with Crippen LogP contribution >= 0.6 is 0 Å². The first-order valence-electron chi connectivity index (χ1n) is 3.94. The fourth-order valence-corrected chi connectivity index (χ4v) is 1.92. The maximum atomic E-state index is 10.6. The number of aliphatic hydroxyl groups excluding tert-OH is 3. The zero-order valence-corrected chi connectivity index (χ0v) is 8.25. The Morgan fingerprint density at radius 1 is 1.47 bits per heavy atom. The molecule has 1 fully saturated rings. The lowest BCUT2D eigenvalue weighted by atomic mass is 10.00. The molecule has 1 saturated heterocycles. The van der Waals surface area contributed by atoms with E-state index in [-0.39, 0.29) is 0 Å². The predicted molar refractivity (Wildman–Crippen MR) is 47.0 cm³/mol. The van der Waals surface area contributed by atoms with Gasteiger partial charge in [0, 0.05) is 0 Å². The quantitative estimate of drug-likeness (QED) is 0.229. The molecular weight excluding hydrogens is 230 g/mol. The van der Waals surface area contributed by atoms with Gasteiger partial charge in [0.1, 0.15) is 18.3 Å². The van der Waals surface area contributed by atoms with E-state index in [1.54, 1.807) is 0 Å². The first-order valence-corrected chi connectivity index (χ1v) is 5.01. The largest absolute Gasteiger partial charge is 0.394 e. The highest BCUT2D eigenvalue weighted by atomic mass is 32.2. The Bertz CT molecular complexity index is 367. The lowest BCUT2D eigenvalue weighted by molar-refractivity contribution is -0.237. The van der Waals surface area contributed by atoms with E-state index in [1.165, 1.54) is 0 Å². The third-order valence-electron chi connectivity index (χ3n) is 2.02. The van der Waals surface area contributed by atoms with Crippen LogP contribution in [-0.2, 0) is 15.0 Å². The molecule has 0 bridgehead atoms. The van der Waals surface area contributed by atoms with E-state index >= 15 is 0 Å². The molecule has 4 atom stereocenters. The molecule has 0 aromatic heterocycles. The molecule has 88 valence electrons. The van der Waals surface area contributed by atoms with Crippen molar-refractivity contribution < 1.29 is 33.6 Å². The Morgan fingerprint density at radius 3 is 2.40 bits per heavy atom.